The molecule has 6 heteroatoms. The van der Waals surface area contributed by atoms with Crippen molar-refractivity contribution in [3.63, 3.8) is 0 Å². The number of rotatable bonds is 6. The Labute approximate surface area is 127 Å². The molecule has 0 bridgehead atoms. The molecular weight excluding hydrogens is 322 g/mol. The van der Waals surface area contributed by atoms with E-state index in [1.165, 1.54) is 25.9 Å². The number of nitrogens with one attached hydrogen (secondary N) is 1. The van der Waals surface area contributed by atoms with Gasteiger partial charge in [-0.05, 0) is 45.0 Å². The van der Waals surface area contributed by atoms with E-state index in [9.17, 15) is 10.1 Å². The van der Waals surface area contributed by atoms with Crippen LogP contribution in [0.15, 0.2) is 22.7 Å². The zero-order valence-corrected chi connectivity index (χ0v) is 13.2. The topological polar surface area (TPSA) is 58.4 Å². The van der Waals surface area contributed by atoms with Gasteiger partial charge in [0, 0.05) is 35.2 Å². The third kappa shape index (κ3) is 4.01. The van der Waals surface area contributed by atoms with Crippen LogP contribution in [0.2, 0.25) is 0 Å². The number of nitrogens with zero attached hydrogens (tertiary/aromatic N) is 2. The molecule has 0 radical (unpaired) electrons. The lowest BCUT2D eigenvalue weighted by Gasteiger charge is -2.23. The van der Waals surface area contributed by atoms with E-state index in [1.807, 2.05) is 6.07 Å². The van der Waals surface area contributed by atoms with Gasteiger partial charge >= 0.3 is 0 Å². The lowest BCUT2D eigenvalue weighted by molar-refractivity contribution is -0.385. The number of benzene rings is 1. The fraction of sp³-hybridized carbons (Fsp3) is 0.571. The molecule has 110 valence electrons. The molecular formula is C14H20BrN3O2. The molecule has 0 amide bonds. The van der Waals surface area contributed by atoms with Crippen LogP contribution in [0.3, 0.4) is 0 Å². The highest BCUT2D eigenvalue weighted by Gasteiger charge is 2.18. The minimum atomic E-state index is -0.328. The van der Waals surface area contributed by atoms with Gasteiger partial charge in [0.2, 0.25) is 0 Å². The van der Waals surface area contributed by atoms with Gasteiger partial charge in [0.05, 0.1) is 4.92 Å². The zero-order valence-electron chi connectivity index (χ0n) is 11.6. The second-order valence-electron chi connectivity index (χ2n) is 5.25. The van der Waals surface area contributed by atoms with Crippen LogP contribution in [0, 0.1) is 10.1 Å². The summed E-state index contributed by atoms with van der Waals surface area (Å²) in [4.78, 5) is 13.2. The second kappa shape index (κ2) is 7.15. The summed E-state index contributed by atoms with van der Waals surface area (Å²) in [7, 11) is 0. The minimum Gasteiger partial charge on any atom is -0.311 e. The van der Waals surface area contributed by atoms with Gasteiger partial charge in [0.15, 0.2) is 0 Å². The van der Waals surface area contributed by atoms with Crippen molar-refractivity contribution in [1.29, 1.82) is 0 Å². The molecule has 0 saturated carbocycles. The fourth-order valence-electron chi connectivity index (χ4n) is 2.58. The first-order valence-corrected chi connectivity index (χ1v) is 7.75. The van der Waals surface area contributed by atoms with E-state index < -0.39 is 0 Å². The molecule has 0 aromatic heterocycles. The van der Waals surface area contributed by atoms with Crippen molar-refractivity contribution in [2.45, 2.75) is 32.4 Å². The molecule has 1 aromatic rings. The van der Waals surface area contributed by atoms with Crippen LogP contribution in [-0.2, 0) is 6.54 Å². The molecule has 1 heterocycles. The third-order valence-corrected chi connectivity index (χ3v) is 4.26. The average molecular weight is 342 g/mol. The van der Waals surface area contributed by atoms with Gasteiger partial charge in [-0.15, -0.1) is 0 Å². The molecule has 1 aromatic carbocycles. The number of halogens is 1. The van der Waals surface area contributed by atoms with E-state index in [0.29, 0.717) is 12.6 Å². The van der Waals surface area contributed by atoms with Gasteiger partial charge in [-0.1, -0.05) is 15.9 Å². The Kier molecular flexibility index (Phi) is 5.51. The molecule has 0 aliphatic carbocycles. The maximum absolute atomic E-state index is 11.0. The van der Waals surface area contributed by atoms with Gasteiger partial charge in [-0.2, -0.15) is 0 Å². The highest BCUT2D eigenvalue weighted by atomic mass is 79.9. The Morgan fingerprint density at radius 2 is 2.15 bits per heavy atom. The molecule has 1 aliphatic rings. The summed E-state index contributed by atoms with van der Waals surface area (Å²) >= 11 is 3.27. The zero-order chi connectivity index (χ0) is 14.5. The van der Waals surface area contributed by atoms with E-state index in [2.05, 4.69) is 33.1 Å². The first-order chi connectivity index (χ1) is 9.58. The van der Waals surface area contributed by atoms with Crippen molar-refractivity contribution < 1.29 is 4.92 Å². The van der Waals surface area contributed by atoms with Crippen LogP contribution >= 0.6 is 15.9 Å². The monoisotopic (exact) mass is 341 g/mol. The number of hydrogen-bond acceptors (Lipinski definition) is 4. The van der Waals surface area contributed by atoms with Crippen molar-refractivity contribution >= 4 is 21.6 Å². The SMILES string of the molecule is CC(CNCc1ccc(Br)cc1[N+](=O)[O-])N1CCCC1. The summed E-state index contributed by atoms with van der Waals surface area (Å²) in [6, 6.07) is 5.68. The molecule has 20 heavy (non-hydrogen) atoms. The summed E-state index contributed by atoms with van der Waals surface area (Å²) in [6.45, 7) is 5.92. The first kappa shape index (κ1) is 15.4. The van der Waals surface area contributed by atoms with Crippen molar-refractivity contribution in [3.8, 4) is 0 Å². The largest absolute Gasteiger partial charge is 0.311 e. The van der Waals surface area contributed by atoms with Crippen LogP contribution in [0.1, 0.15) is 25.3 Å². The van der Waals surface area contributed by atoms with Crippen LogP contribution in [0.25, 0.3) is 0 Å². The van der Waals surface area contributed by atoms with Crippen LogP contribution in [-0.4, -0.2) is 35.5 Å². The Balaban J connectivity index is 1.89. The molecule has 1 atom stereocenters. The summed E-state index contributed by atoms with van der Waals surface area (Å²) in [5.74, 6) is 0. The predicted molar refractivity (Wildman–Crippen MR) is 82.8 cm³/mol. The Morgan fingerprint density at radius 1 is 1.45 bits per heavy atom. The van der Waals surface area contributed by atoms with Crippen molar-refractivity contribution in [2.24, 2.45) is 0 Å². The average Bonchev–Trinajstić information content (AvgIpc) is 2.94. The summed E-state index contributed by atoms with van der Waals surface area (Å²) in [6.07, 6.45) is 2.56. The molecule has 0 spiro atoms. The molecule has 1 saturated heterocycles. The van der Waals surface area contributed by atoms with Gasteiger partial charge in [-0.3, -0.25) is 15.0 Å². The molecule has 1 unspecified atom stereocenters. The van der Waals surface area contributed by atoms with Crippen molar-refractivity contribution in [1.82, 2.24) is 10.2 Å². The highest BCUT2D eigenvalue weighted by molar-refractivity contribution is 9.10. The van der Waals surface area contributed by atoms with Gasteiger partial charge in [0.1, 0.15) is 0 Å². The Morgan fingerprint density at radius 3 is 2.80 bits per heavy atom. The second-order valence-corrected chi connectivity index (χ2v) is 6.17. The predicted octanol–water partition coefficient (Wildman–Crippen LogP) is 2.93. The van der Waals surface area contributed by atoms with Crippen LogP contribution in [0.4, 0.5) is 5.69 Å². The molecule has 1 aliphatic heterocycles. The smallest absolute Gasteiger partial charge is 0.275 e. The van der Waals surface area contributed by atoms with Crippen molar-refractivity contribution in [3.05, 3.63) is 38.3 Å². The Bertz CT molecular complexity index is 475. The van der Waals surface area contributed by atoms with E-state index in [1.54, 1.807) is 12.1 Å². The molecule has 1 fully saturated rings. The van der Waals surface area contributed by atoms with E-state index in [0.717, 1.165) is 16.6 Å². The van der Waals surface area contributed by atoms with E-state index >= 15 is 0 Å². The fourth-order valence-corrected chi connectivity index (χ4v) is 2.93. The van der Waals surface area contributed by atoms with E-state index in [4.69, 9.17) is 0 Å². The number of nitro benzene ring substituents is 1. The van der Waals surface area contributed by atoms with Crippen molar-refractivity contribution in [2.75, 3.05) is 19.6 Å². The van der Waals surface area contributed by atoms with Gasteiger partial charge in [0.25, 0.3) is 5.69 Å². The summed E-state index contributed by atoms with van der Waals surface area (Å²) in [5.41, 5.74) is 0.896. The molecule has 2 rings (SSSR count). The highest BCUT2D eigenvalue weighted by Crippen LogP contribution is 2.23. The quantitative estimate of drug-likeness (QED) is 0.638. The lowest BCUT2D eigenvalue weighted by Crippen LogP contribution is -2.38. The number of nitro groups is 1. The number of hydrogen-bond donors (Lipinski definition) is 1. The number of likely N-dealkylation sites (tertiary alicyclic amines) is 1. The summed E-state index contributed by atoms with van der Waals surface area (Å²) in [5, 5.41) is 14.4. The minimum absolute atomic E-state index is 0.167. The first-order valence-electron chi connectivity index (χ1n) is 6.95. The molecule has 5 nitrogen and oxygen atoms in total. The van der Waals surface area contributed by atoms with Gasteiger partial charge < -0.3 is 5.32 Å². The third-order valence-electron chi connectivity index (χ3n) is 3.76. The van der Waals surface area contributed by atoms with Crippen LogP contribution < -0.4 is 5.32 Å². The Hall–Kier alpha value is -0.980. The maximum atomic E-state index is 11.0. The summed E-state index contributed by atoms with van der Waals surface area (Å²) < 4.78 is 0.735. The standard InChI is InChI=1S/C14H20BrN3O2/c1-11(17-6-2-3-7-17)9-16-10-12-4-5-13(15)8-14(12)18(19)20/h4-5,8,11,16H,2-3,6-7,9-10H2,1H3. The van der Waals surface area contributed by atoms with Gasteiger partial charge in [-0.25, -0.2) is 0 Å². The lowest BCUT2D eigenvalue weighted by atomic mass is 10.1. The molecule has 1 N–H and O–H groups in total. The van der Waals surface area contributed by atoms with Crippen LogP contribution in [0.5, 0.6) is 0 Å². The normalized spacial score (nSPS) is 17.3. The van der Waals surface area contributed by atoms with E-state index in [-0.39, 0.29) is 10.6 Å². The maximum Gasteiger partial charge on any atom is 0.275 e.